The molecule has 0 fully saturated rings. The van der Waals surface area contributed by atoms with Crippen molar-refractivity contribution in [3.8, 4) is 5.88 Å². The fraction of sp³-hybridized carbons (Fsp3) is 0.312. The summed E-state index contributed by atoms with van der Waals surface area (Å²) in [5.41, 5.74) is 4.21. The van der Waals surface area contributed by atoms with Gasteiger partial charge in [0, 0.05) is 12.5 Å². The largest absolute Gasteiger partial charge is 0.481 e. The van der Waals surface area contributed by atoms with E-state index >= 15 is 0 Å². The highest BCUT2D eigenvalue weighted by Gasteiger charge is 2.13. The van der Waals surface area contributed by atoms with E-state index < -0.39 is 6.10 Å². The number of hydrogen-bond donors (Lipinski definition) is 1. The topological polar surface area (TPSA) is 42.4 Å². The van der Waals surface area contributed by atoms with Crippen LogP contribution in [0.5, 0.6) is 5.88 Å². The van der Waals surface area contributed by atoms with Crippen molar-refractivity contribution in [2.45, 2.75) is 26.4 Å². The third-order valence-electron chi connectivity index (χ3n) is 3.34. The fourth-order valence-electron chi connectivity index (χ4n) is 2.20. The van der Waals surface area contributed by atoms with Crippen LogP contribution in [0.25, 0.3) is 0 Å². The molecule has 0 radical (unpaired) electrons. The van der Waals surface area contributed by atoms with Crippen LogP contribution in [0.15, 0.2) is 36.4 Å². The second-order valence-corrected chi connectivity index (χ2v) is 4.70. The summed E-state index contributed by atoms with van der Waals surface area (Å²) in [6.45, 7) is 4.13. The Hall–Kier alpha value is -1.87. The molecule has 1 unspecified atom stereocenters. The third kappa shape index (κ3) is 3.12. The van der Waals surface area contributed by atoms with Gasteiger partial charge >= 0.3 is 0 Å². The van der Waals surface area contributed by atoms with Crippen LogP contribution >= 0.6 is 0 Å². The Labute approximate surface area is 113 Å². The molecule has 19 heavy (non-hydrogen) atoms. The van der Waals surface area contributed by atoms with Crippen molar-refractivity contribution in [1.29, 1.82) is 0 Å². The van der Waals surface area contributed by atoms with Crippen molar-refractivity contribution in [1.82, 2.24) is 4.98 Å². The first-order chi connectivity index (χ1) is 9.11. The molecule has 1 aromatic carbocycles. The number of aryl methyl sites for hydroxylation is 2. The first kappa shape index (κ1) is 13.6. The van der Waals surface area contributed by atoms with Gasteiger partial charge in [-0.2, -0.15) is 0 Å². The molecule has 3 nitrogen and oxygen atoms in total. The van der Waals surface area contributed by atoms with Crippen LogP contribution in [0.4, 0.5) is 0 Å². The molecule has 0 saturated carbocycles. The summed E-state index contributed by atoms with van der Waals surface area (Å²) < 4.78 is 5.08. The highest BCUT2D eigenvalue weighted by atomic mass is 16.5. The summed E-state index contributed by atoms with van der Waals surface area (Å²) in [7, 11) is 1.57. The molecule has 2 aromatic rings. The van der Waals surface area contributed by atoms with Gasteiger partial charge in [-0.3, -0.25) is 0 Å². The maximum Gasteiger partial charge on any atom is 0.213 e. The van der Waals surface area contributed by atoms with Crippen LogP contribution < -0.4 is 4.74 Å². The first-order valence-corrected chi connectivity index (χ1v) is 6.36. The lowest BCUT2D eigenvalue weighted by Crippen LogP contribution is -2.07. The Bertz CT molecular complexity index is 546. The van der Waals surface area contributed by atoms with Crippen molar-refractivity contribution in [2.24, 2.45) is 0 Å². The number of aliphatic hydroxyl groups excluding tert-OH is 1. The van der Waals surface area contributed by atoms with Crippen LogP contribution in [-0.2, 0) is 6.42 Å². The van der Waals surface area contributed by atoms with E-state index in [4.69, 9.17) is 4.74 Å². The van der Waals surface area contributed by atoms with E-state index in [0.717, 1.165) is 0 Å². The summed E-state index contributed by atoms with van der Waals surface area (Å²) in [4.78, 5) is 4.27. The Morgan fingerprint density at radius 2 is 1.74 bits per heavy atom. The number of hydrogen-bond acceptors (Lipinski definition) is 3. The Balaban J connectivity index is 2.23. The van der Waals surface area contributed by atoms with Gasteiger partial charge in [0.15, 0.2) is 0 Å². The van der Waals surface area contributed by atoms with Gasteiger partial charge in [0.2, 0.25) is 5.88 Å². The number of methoxy groups -OCH3 is 1. The monoisotopic (exact) mass is 257 g/mol. The molecule has 0 aliphatic rings. The normalized spacial score (nSPS) is 12.2. The molecule has 0 saturated heterocycles. The van der Waals surface area contributed by atoms with Gasteiger partial charge in [-0.25, -0.2) is 4.98 Å². The summed E-state index contributed by atoms with van der Waals surface area (Å²) in [6, 6.07) is 11.6. The molecule has 0 bridgehead atoms. The zero-order valence-electron chi connectivity index (χ0n) is 11.6. The predicted octanol–water partition coefficient (Wildman–Crippen LogP) is 2.98. The van der Waals surface area contributed by atoms with Gasteiger partial charge in [0.05, 0.1) is 12.8 Å². The first-order valence-electron chi connectivity index (χ1n) is 6.36. The van der Waals surface area contributed by atoms with Gasteiger partial charge < -0.3 is 9.84 Å². The lowest BCUT2D eigenvalue weighted by atomic mass is 9.96. The van der Waals surface area contributed by atoms with Crippen LogP contribution in [0.3, 0.4) is 0 Å². The molecule has 0 aliphatic carbocycles. The van der Waals surface area contributed by atoms with E-state index in [1.807, 2.05) is 18.2 Å². The molecule has 1 heterocycles. The van der Waals surface area contributed by atoms with E-state index in [2.05, 4.69) is 31.0 Å². The standard InChI is InChI=1S/C16H19NO2/c1-11-6-4-7-12(2)13(11)10-15(18)14-8-5-9-16(17-14)19-3/h4-9,15,18H,10H2,1-3H3. The van der Waals surface area contributed by atoms with E-state index in [0.29, 0.717) is 18.0 Å². The molecule has 100 valence electrons. The van der Waals surface area contributed by atoms with Gasteiger partial charge in [-0.05, 0) is 36.6 Å². The molecule has 0 amide bonds. The van der Waals surface area contributed by atoms with Gasteiger partial charge in [0.1, 0.15) is 6.10 Å². The predicted molar refractivity (Wildman–Crippen MR) is 75.4 cm³/mol. The maximum atomic E-state index is 10.3. The number of aliphatic hydroxyl groups is 1. The van der Waals surface area contributed by atoms with E-state index in [1.54, 1.807) is 13.2 Å². The van der Waals surface area contributed by atoms with Crippen LogP contribution in [0, 0.1) is 13.8 Å². The molecule has 1 N–H and O–H groups in total. The second kappa shape index (κ2) is 5.85. The van der Waals surface area contributed by atoms with Crippen molar-refractivity contribution >= 4 is 0 Å². The number of pyridine rings is 1. The van der Waals surface area contributed by atoms with Gasteiger partial charge in [-0.1, -0.05) is 24.3 Å². The SMILES string of the molecule is COc1cccc(C(O)Cc2c(C)cccc2C)n1. The van der Waals surface area contributed by atoms with Crippen molar-refractivity contribution < 1.29 is 9.84 Å². The van der Waals surface area contributed by atoms with Crippen molar-refractivity contribution in [3.63, 3.8) is 0 Å². The molecule has 3 heteroatoms. The number of ether oxygens (including phenoxy) is 1. The van der Waals surface area contributed by atoms with Crippen molar-refractivity contribution in [3.05, 3.63) is 58.8 Å². The molecule has 1 aromatic heterocycles. The van der Waals surface area contributed by atoms with Crippen LogP contribution in [0.1, 0.15) is 28.5 Å². The average Bonchev–Trinajstić information content (AvgIpc) is 2.43. The Morgan fingerprint density at radius 3 is 2.37 bits per heavy atom. The number of benzene rings is 1. The minimum atomic E-state index is -0.616. The number of nitrogens with zero attached hydrogens (tertiary/aromatic N) is 1. The van der Waals surface area contributed by atoms with E-state index in [9.17, 15) is 5.11 Å². The minimum absolute atomic E-state index is 0.526. The molecule has 2 rings (SSSR count). The lowest BCUT2D eigenvalue weighted by molar-refractivity contribution is 0.172. The second-order valence-electron chi connectivity index (χ2n) is 4.70. The quantitative estimate of drug-likeness (QED) is 0.915. The van der Waals surface area contributed by atoms with Crippen LogP contribution in [-0.4, -0.2) is 17.2 Å². The third-order valence-corrected chi connectivity index (χ3v) is 3.34. The molecular weight excluding hydrogens is 238 g/mol. The molecule has 1 atom stereocenters. The Kier molecular flexibility index (Phi) is 4.17. The highest BCUT2D eigenvalue weighted by molar-refractivity contribution is 5.34. The number of rotatable bonds is 4. The summed E-state index contributed by atoms with van der Waals surface area (Å²) >= 11 is 0. The summed E-state index contributed by atoms with van der Waals surface area (Å²) in [5.74, 6) is 0.526. The van der Waals surface area contributed by atoms with Gasteiger partial charge in [0.25, 0.3) is 0 Å². The average molecular weight is 257 g/mol. The molecular formula is C16H19NO2. The lowest BCUT2D eigenvalue weighted by Gasteiger charge is -2.15. The zero-order valence-corrected chi connectivity index (χ0v) is 11.6. The number of aromatic nitrogens is 1. The Morgan fingerprint density at radius 1 is 1.11 bits per heavy atom. The molecule has 0 aliphatic heterocycles. The summed E-state index contributed by atoms with van der Waals surface area (Å²) in [6.07, 6.45) is -0.0477. The smallest absolute Gasteiger partial charge is 0.213 e. The van der Waals surface area contributed by atoms with E-state index in [1.165, 1.54) is 16.7 Å². The van der Waals surface area contributed by atoms with Crippen LogP contribution in [0.2, 0.25) is 0 Å². The molecule has 0 spiro atoms. The summed E-state index contributed by atoms with van der Waals surface area (Å²) in [5, 5.41) is 10.3. The zero-order chi connectivity index (χ0) is 13.8. The maximum absolute atomic E-state index is 10.3. The van der Waals surface area contributed by atoms with Crippen molar-refractivity contribution in [2.75, 3.05) is 7.11 Å². The van der Waals surface area contributed by atoms with E-state index in [-0.39, 0.29) is 0 Å². The highest BCUT2D eigenvalue weighted by Crippen LogP contribution is 2.22. The van der Waals surface area contributed by atoms with Gasteiger partial charge in [-0.15, -0.1) is 0 Å². The fourth-order valence-corrected chi connectivity index (χ4v) is 2.20. The minimum Gasteiger partial charge on any atom is -0.481 e.